The third-order valence-corrected chi connectivity index (χ3v) is 4.12. The highest BCUT2D eigenvalue weighted by Crippen LogP contribution is 2.27. The Morgan fingerprint density at radius 1 is 1.47 bits per heavy atom. The van der Waals surface area contributed by atoms with Crippen LogP contribution in [-0.2, 0) is 0 Å². The Kier molecular flexibility index (Phi) is 4.10. The maximum Gasteiger partial charge on any atom is 0.0410 e. The molecule has 0 saturated carbocycles. The summed E-state index contributed by atoms with van der Waals surface area (Å²) >= 11 is 3.57. The van der Waals surface area contributed by atoms with Gasteiger partial charge in [0.2, 0.25) is 0 Å². The van der Waals surface area contributed by atoms with E-state index in [4.69, 9.17) is 0 Å². The second-order valence-corrected chi connectivity index (χ2v) is 5.86. The molecule has 2 rings (SSSR count). The fourth-order valence-electron chi connectivity index (χ4n) is 2.43. The van der Waals surface area contributed by atoms with Crippen LogP contribution in [0.2, 0.25) is 0 Å². The van der Waals surface area contributed by atoms with E-state index in [1.165, 1.54) is 17.7 Å². The lowest BCUT2D eigenvalue weighted by Gasteiger charge is -2.41. The lowest BCUT2D eigenvalue weighted by Crippen LogP contribution is -2.55. The molecule has 1 aromatic carbocycles. The summed E-state index contributed by atoms with van der Waals surface area (Å²) in [6, 6.07) is 7.72. The number of nitrogens with one attached hydrogen (secondary N) is 1. The molecule has 1 heterocycles. The van der Waals surface area contributed by atoms with Crippen molar-refractivity contribution in [3.63, 3.8) is 0 Å². The van der Waals surface area contributed by atoms with Gasteiger partial charge in [0.25, 0.3) is 0 Å². The van der Waals surface area contributed by atoms with Crippen LogP contribution in [0.1, 0.15) is 25.8 Å². The highest BCUT2D eigenvalue weighted by atomic mass is 79.9. The molecule has 0 amide bonds. The number of piperazine rings is 1. The van der Waals surface area contributed by atoms with Crippen LogP contribution in [0.3, 0.4) is 0 Å². The van der Waals surface area contributed by atoms with Crippen LogP contribution in [0.25, 0.3) is 0 Å². The van der Waals surface area contributed by atoms with E-state index in [0.29, 0.717) is 12.1 Å². The van der Waals surface area contributed by atoms with Crippen molar-refractivity contribution in [2.24, 2.45) is 0 Å². The number of nitrogens with zero attached hydrogens (tertiary/aromatic N) is 1. The van der Waals surface area contributed by atoms with Gasteiger partial charge in [-0.25, -0.2) is 0 Å². The summed E-state index contributed by atoms with van der Waals surface area (Å²) in [6.07, 6.45) is 1.19. The molecule has 0 bridgehead atoms. The Labute approximate surface area is 113 Å². The average Bonchev–Trinajstić information content (AvgIpc) is 2.33. The maximum absolute atomic E-state index is 3.60. The third kappa shape index (κ3) is 2.83. The number of rotatable bonds is 2. The minimum absolute atomic E-state index is 0.561. The first-order valence-corrected chi connectivity index (χ1v) is 7.17. The summed E-state index contributed by atoms with van der Waals surface area (Å²) < 4.78 is 1.16. The number of aryl methyl sites for hydroxylation is 1. The van der Waals surface area contributed by atoms with E-state index in [1.807, 2.05) is 0 Å². The Morgan fingerprint density at radius 2 is 2.24 bits per heavy atom. The molecule has 1 saturated heterocycles. The van der Waals surface area contributed by atoms with E-state index >= 15 is 0 Å². The van der Waals surface area contributed by atoms with Gasteiger partial charge in [-0.15, -0.1) is 0 Å². The van der Waals surface area contributed by atoms with Gasteiger partial charge in [0.05, 0.1) is 0 Å². The van der Waals surface area contributed by atoms with Crippen molar-refractivity contribution in [2.45, 2.75) is 39.3 Å². The Balaban J connectivity index is 2.27. The molecule has 2 nitrogen and oxygen atoms in total. The van der Waals surface area contributed by atoms with Crippen molar-refractivity contribution in [1.29, 1.82) is 0 Å². The first kappa shape index (κ1) is 12.9. The van der Waals surface area contributed by atoms with Gasteiger partial charge < -0.3 is 10.2 Å². The van der Waals surface area contributed by atoms with E-state index in [2.05, 4.69) is 65.1 Å². The molecule has 1 N–H and O–H groups in total. The molecule has 1 fully saturated rings. The van der Waals surface area contributed by atoms with E-state index < -0.39 is 0 Å². The zero-order valence-corrected chi connectivity index (χ0v) is 12.4. The smallest absolute Gasteiger partial charge is 0.0410 e. The highest BCUT2D eigenvalue weighted by Gasteiger charge is 2.24. The van der Waals surface area contributed by atoms with Gasteiger partial charge in [0.15, 0.2) is 0 Å². The monoisotopic (exact) mass is 296 g/mol. The lowest BCUT2D eigenvalue weighted by atomic mass is 10.1. The second-order valence-electron chi connectivity index (χ2n) is 4.95. The Bertz CT molecular complexity index is 392. The molecule has 94 valence electrons. The van der Waals surface area contributed by atoms with Crippen molar-refractivity contribution in [1.82, 2.24) is 5.32 Å². The predicted molar refractivity (Wildman–Crippen MR) is 77.8 cm³/mol. The largest absolute Gasteiger partial charge is 0.366 e. The summed E-state index contributed by atoms with van der Waals surface area (Å²) in [5, 5.41) is 3.60. The zero-order valence-electron chi connectivity index (χ0n) is 10.8. The van der Waals surface area contributed by atoms with Crippen molar-refractivity contribution in [2.75, 3.05) is 18.0 Å². The van der Waals surface area contributed by atoms with E-state index in [9.17, 15) is 0 Å². The van der Waals surface area contributed by atoms with Crippen LogP contribution in [0, 0.1) is 6.92 Å². The quantitative estimate of drug-likeness (QED) is 0.900. The van der Waals surface area contributed by atoms with Crippen LogP contribution in [-0.4, -0.2) is 25.2 Å². The van der Waals surface area contributed by atoms with E-state index in [0.717, 1.165) is 17.6 Å². The van der Waals surface area contributed by atoms with Gasteiger partial charge in [-0.05, 0) is 38.0 Å². The molecular formula is C14H21BrN2. The van der Waals surface area contributed by atoms with Crippen molar-refractivity contribution >= 4 is 21.6 Å². The Morgan fingerprint density at radius 3 is 2.94 bits per heavy atom. The Hall–Kier alpha value is -0.540. The van der Waals surface area contributed by atoms with Crippen LogP contribution in [0.15, 0.2) is 22.7 Å². The fourth-order valence-corrected chi connectivity index (χ4v) is 2.78. The first-order valence-electron chi connectivity index (χ1n) is 6.38. The fraction of sp³-hybridized carbons (Fsp3) is 0.571. The van der Waals surface area contributed by atoms with Crippen LogP contribution in [0.5, 0.6) is 0 Å². The molecular weight excluding hydrogens is 276 g/mol. The molecule has 17 heavy (non-hydrogen) atoms. The van der Waals surface area contributed by atoms with Crippen LogP contribution >= 0.6 is 15.9 Å². The van der Waals surface area contributed by atoms with Gasteiger partial charge in [-0.2, -0.15) is 0 Å². The van der Waals surface area contributed by atoms with Gasteiger partial charge in [0, 0.05) is 35.3 Å². The minimum atomic E-state index is 0.561. The standard InChI is InChI=1S/C14H21BrN2/c1-4-13-9-17(11(3)8-16-13)14-7-12(15)6-5-10(14)2/h5-7,11,13,16H,4,8-9H2,1-3H3. The molecule has 0 spiro atoms. The summed E-state index contributed by atoms with van der Waals surface area (Å²) in [5.41, 5.74) is 2.73. The number of halogens is 1. The van der Waals surface area contributed by atoms with Crippen molar-refractivity contribution in [3.05, 3.63) is 28.2 Å². The summed E-state index contributed by atoms with van der Waals surface area (Å²) in [4.78, 5) is 2.53. The molecule has 1 aromatic rings. The van der Waals surface area contributed by atoms with Crippen LogP contribution < -0.4 is 10.2 Å². The summed E-state index contributed by atoms with van der Waals surface area (Å²) in [7, 11) is 0. The molecule has 2 atom stereocenters. The molecule has 2 unspecified atom stereocenters. The highest BCUT2D eigenvalue weighted by molar-refractivity contribution is 9.10. The number of hydrogen-bond acceptors (Lipinski definition) is 2. The first-order chi connectivity index (χ1) is 8.11. The summed E-state index contributed by atoms with van der Waals surface area (Å²) in [6.45, 7) is 8.91. The number of benzene rings is 1. The molecule has 0 radical (unpaired) electrons. The van der Waals surface area contributed by atoms with Crippen molar-refractivity contribution < 1.29 is 0 Å². The van der Waals surface area contributed by atoms with Gasteiger partial charge in [-0.1, -0.05) is 28.9 Å². The molecule has 1 aliphatic rings. The molecule has 0 aliphatic carbocycles. The predicted octanol–water partition coefficient (Wildman–Crippen LogP) is 3.33. The molecule has 1 aliphatic heterocycles. The van der Waals surface area contributed by atoms with Gasteiger partial charge in [-0.3, -0.25) is 0 Å². The molecule has 0 aromatic heterocycles. The average molecular weight is 297 g/mol. The lowest BCUT2D eigenvalue weighted by molar-refractivity contribution is 0.397. The summed E-state index contributed by atoms with van der Waals surface area (Å²) in [5.74, 6) is 0. The normalized spacial score (nSPS) is 25.1. The van der Waals surface area contributed by atoms with E-state index in [1.54, 1.807) is 0 Å². The van der Waals surface area contributed by atoms with E-state index in [-0.39, 0.29) is 0 Å². The zero-order chi connectivity index (χ0) is 12.4. The SMILES string of the molecule is CCC1CN(c2cc(Br)ccc2C)C(C)CN1. The molecule has 3 heteroatoms. The number of anilines is 1. The minimum Gasteiger partial charge on any atom is -0.366 e. The topological polar surface area (TPSA) is 15.3 Å². The van der Waals surface area contributed by atoms with Crippen molar-refractivity contribution in [3.8, 4) is 0 Å². The number of hydrogen-bond donors (Lipinski definition) is 1. The maximum atomic E-state index is 3.60. The van der Waals surface area contributed by atoms with Crippen LogP contribution in [0.4, 0.5) is 5.69 Å². The van der Waals surface area contributed by atoms with Gasteiger partial charge >= 0.3 is 0 Å². The van der Waals surface area contributed by atoms with Gasteiger partial charge in [0.1, 0.15) is 0 Å². The second kappa shape index (κ2) is 5.40. The third-order valence-electron chi connectivity index (χ3n) is 3.62.